The molecular weight excluding hydrogens is 1040 g/mol. The van der Waals surface area contributed by atoms with Gasteiger partial charge >= 0.3 is 0 Å². The first-order valence-corrected chi connectivity index (χ1v) is 31.0. The number of fused-ring (bicyclic) bond motifs is 16. The van der Waals surface area contributed by atoms with Crippen molar-refractivity contribution in [2.24, 2.45) is 0 Å². The first-order chi connectivity index (χ1) is 40.1. The van der Waals surface area contributed by atoms with E-state index in [1.807, 2.05) is 23.5 Å². The lowest BCUT2D eigenvalue weighted by Gasteiger charge is -2.48. The number of benzene rings is 11. The van der Waals surface area contributed by atoms with E-state index in [-0.39, 0.29) is 23.0 Å². The fraction of sp³-hybridized carbons (Fsp3) is 0.154. The van der Waals surface area contributed by atoms with Crippen LogP contribution in [0.5, 0.6) is 0 Å². The summed E-state index contributed by atoms with van der Waals surface area (Å²) < 4.78 is 0. The zero-order valence-electron chi connectivity index (χ0n) is 48.7. The molecule has 0 unspecified atom stereocenters. The SMILES string of the molecule is CC(C)(C)c1cc2c3c(c1)N1c4c(cc(-c5ccccc5)cc4-c4ccccc4Sc4ccccc4-c4cccc(C(C)(C)C)c41)B3c1cc(-c3ccccc3)cc3c1N2c1c(cccc1C(C)(C)C)-c1ccccc1Sc1ccccc1-3. The van der Waals surface area contributed by atoms with Crippen LogP contribution in [0, 0.1) is 0 Å². The summed E-state index contributed by atoms with van der Waals surface area (Å²) in [7, 11) is 0. The lowest BCUT2D eigenvalue weighted by Crippen LogP contribution is -2.62. The minimum absolute atomic E-state index is 0.211. The summed E-state index contributed by atoms with van der Waals surface area (Å²) >= 11 is 3.79. The number of para-hydroxylation sites is 2. The molecule has 0 aliphatic carbocycles. The topological polar surface area (TPSA) is 6.48 Å². The lowest BCUT2D eigenvalue weighted by molar-refractivity contribution is 0.588. The lowest BCUT2D eigenvalue weighted by atomic mass is 9.32. The predicted octanol–water partition coefficient (Wildman–Crippen LogP) is 20.6. The third-order valence-electron chi connectivity index (χ3n) is 17.6. The van der Waals surface area contributed by atoms with Crippen LogP contribution in [0.3, 0.4) is 0 Å². The first-order valence-electron chi connectivity index (χ1n) is 29.4. The van der Waals surface area contributed by atoms with Crippen LogP contribution in [-0.2, 0) is 16.2 Å². The van der Waals surface area contributed by atoms with Crippen molar-refractivity contribution in [2.45, 2.75) is 98.1 Å². The van der Waals surface area contributed by atoms with Crippen LogP contribution in [0.1, 0.15) is 79.0 Å². The highest BCUT2D eigenvalue weighted by Gasteiger charge is 2.49. The van der Waals surface area contributed by atoms with Crippen molar-refractivity contribution in [3.8, 4) is 66.8 Å². The van der Waals surface area contributed by atoms with Gasteiger partial charge in [-0.1, -0.05) is 268 Å². The molecule has 4 heterocycles. The third kappa shape index (κ3) is 8.32. The largest absolute Gasteiger partial charge is 0.310 e. The Morgan fingerprint density at radius 3 is 0.988 bits per heavy atom. The molecule has 0 bridgehead atoms. The van der Waals surface area contributed by atoms with E-state index in [4.69, 9.17) is 0 Å². The van der Waals surface area contributed by atoms with Crippen LogP contribution >= 0.6 is 23.5 Å². The van der Waals surface area contributed by atoms with Gasteiger partial charge in [-0.15, -0.1) is 0 Å². The Morgan fingerprint density at radius 2 is 0.627 bits per heavy atom. The molecule has 4 aliphatic rings. The number of anilines is 6. The van der Waals surface area contributed by atoms with Gasteiger partial charge in [-0.05, 0) is 142 Å². The van der Waals surface area contributed by atoms with Gasteiger partial charge in [-0.2, -0.15) is 0 Å². The zero-order chi connectivity index (χ0) is 56.7. The van der Waals surface area contributed by atoms with Crippen LogP contribution in [0.4, 0.5) is 34.1 Å². The summed E-state index contributed by atoms with van der Waals surface area (Å²) in [6, 6.07) is 88.6. The van der Waals surface area contributed by atoms with Gasteiger partial charge in [0.25, 0.3) is 6.71 Å². The van der Waals surface area contributed by atoms with Crippen LogP contribution in [-0.4, -0.2) is 6.71 Å². The molecule has 0 saturated carbocycles. The van der Waals surface area contributed by atoms with Crippen molar-refractivity contribution in [1.29, 1.82) is 0 Å². The molecule has 5 heteroatoms. The van der Waals surface area contributed by atoms with Gasteiger partial charge in [0.05, 0.1) is 11.4 Å². The monoisotopic (exact) mass is 1100 g/mol. The molecular formula is C78H65BN2S2. The van der Waals surface area contributed by atoms with E-state index >= 15 is 0 Å². The highest BCUT2D eigenvalue weighted by atomic mass is 32.2. The van der Waals surface area contributed by atoms with E-state index in [0.29, 0.717) is 0 Å². The number of rotatable bonds is 2. The van der Waals surface area contributed by atoms with Crippen molar-refractivity contribution in [2.75, 3.05) is 9.80 Å². The minimum atomic E-state index is -0.250. The molecule has 0 fully saturated rings. The molecule has 0 aromatic heterocycles. The van der Waals surface area contributed by atoms with E-state index in [1.165, 1.54) is 154 Å². The second-order valence-corrected chi connectivity index (χ2v) is 28.2. The highest BCUT2D eigenvalue weighted by Crippen LogP contribution is 2.59. The average Bonchev–Trinajstić information content (AvgIpc) is 0.950. The molecule has 402 valence electrons. The van der Waals surface area contributed by atoms with E-state index in [2.05, 4.69) is 303 Å². The maximum Gasteiger partial charge on any atom is 0.252 e. The van der Waals surface area contributed by atoms with Gasteiger partial charge in [-0.25, -0.2) is 0 Å². The molecule has 0 saturated heterocycles. The molecule has 2 nitrogen and oxygen atoms in total. The summed E-state index contributed by atoms with van der Waals surface area (Å²) in [4.78, 5) is 10.5. The molecule has 11 aromatic carbocycles. The molecule has 0 N–H and O–H groups in total. The van der Waals surface area contributed by atoms with Gasteiger partial charge in [0.15, 0.2) is 0 Å². The van der Waals surface area contributed by atoms with E-state index < -0.39 is 0 Å². The van der Waals surface area contributed by atoms with Gasteiger partial charge < -0.3 is 9.80 Å². The standard InChI is InChI=1S/C78H65BN2S2/c1-76(2,3)52-46-65-71-66(47-52)81-73-58(35-25-37-62(73)78(7,8)9)54-31-17-21-39-68(54)83-70-41-23-19-33-56(70)60-43-51(49-28-14-11-15-29-49)45-64(75(60)81)79(71)63-44-50(48-26-12-10-13-27-48)42-59-55-32-18-22-40-69(55)82-67-38-20-16-30-53(67)57-34-24-36-61(77(4,5)6)72(57)80(65)74(59)63/h10-47H,1-9H3. The molecule has 0 amide bonds. The molecule has 0 spiro atoms. The van der Waals surface area contributed by atoms with Gasteiger partial charge in [0, 0.05) is 64.6 Å². The fourth-order valence-electron chi connectivity index (χ4n) is 13.7. The third-order valence-corrected chi connectivity index (χ3v) is 19.9. The Bertz CT molecular complexity index is 4190. The number of hydrogen-bond donors (Lipinski definition) is 0. The van der Waals surface area contributed by atoms with Gasteiger partial charge in [0.1, 0.15) is 0 Å². The second-order valence-electron chi connectivity index (χ2n) is 26.0. The number of nitrogens with zero attached hydrogens (tertiary/aromatic N) is 2. The average molecular weight is 1110 g/mol. The van der Waals surface area contributed by atoms with Crippen molar-refractivity contribution in [3.63, 3.8) is 0 Å². The van der Waals surface area contributed by atoms with E-state index in [0.717, 1.165) is 0 Å². The Labute approximate surface area is 499 Å². The maximum absolute atomic E-state index is 2.79. The van der Waals surface area contributed by atoms with Crippen LogP contribution < -0.4 is 26.2 Å². The molecule has 0 radical (unpaired) electrons. The molecule has 83 heavy (non-hydrogen) atoms. The Balaban J connectivity index is 1.22. The fourth-order valence-corrected chi connectivity index (χ4v) is 15.9. The Morgan fingerprint density at radius 1 is 0.289 bits per heavy atom. The summed E-state index contributed by atoms with van der Waals surface area (Å²) in [5, 5.41) is 0. The quantitative estimate of drug-likeness (QED) is 0.159. The zero-order valence-corrected chi connectivity index (χ0v) is 50.4. The smallest absolute Gasteiger partial charge is 0.252 e. The van der Waals surface area contributed by atoms with Crippen molar-refractivity contribution >= 4 is 80.7 Å². The predicted molar refractivity (Wildman–Crippen MR) is 357 cm³/mol. The second kappa shape index (κ2) is 19.2. The van der Waals surface area contributed by atoms with Crippen LogP contribution in [0.25, 0.3) is 66.8 Å². The van der Waals surface area contributed by atoms with Crippen molar-refractivity contribution in [1.82, 2.24) is 0 Å². The molecule has 0 atom stereocenters. The Kier molecular flexibility index (Phi) is 11.9. The highest BCUT2D eigenvalue weighted by molar-refractivity contribution is 8.00. The maximum atomic E-state index is 2.79. The first kappa shape index (κ1) is 51.7. The van der Waals surface area contributed by atoms with Gasteiger partial charge in [0.2, 0.25) is 0 Å². The van der Waals surface area contributed by atoms with Crippen molar-refractivity contribution < 1.29 is 0 Å². The summed E-state index contributed by atoms with van der Waals surface area (Å²) in [5.74, 6) is 0. The van der Waals surface area contributed by atoms with Gasteiger partial charge in [-0.3, -0.25) is 0 Å². The normalized spacial score (nSPS) is 13.7. The molecule has 15 rings (SSSR count). The minimum Gasteiger partial charge on any atom is -0.310 e. The Hall–Kier alpha value is -8.22. The molecule has 11 aromatic rings. The van der Waals surface area contributed by atoms with E-state index in [9.17, 15) is 0 Å². The molecule has 4 aliphatic heterocycles. The van der Waals surface area contributed by atoms with E-state index in [1.54, 1.807) is 0 Å². The summed E-state index contributed by atoms with van der Waals surface area (Å²) in [6.45, 7) is 21.4. The summed E-state index contributed by atoms with van der Waals surface area (Å²) in [5.41, 5.74) is 29.1. The van der Waals surface area contributed by atoms with Crippen molar-refractivity contribution in [3.05, 3.63) is 247 Å². The number of hydrogen-bond acceptors (Lipinski definition) is 4. The summed E-state index contributed by atoms with van der Waals surface area (Å²) in [6.07, 6.45) is 0. The van der Waals surface area contributed by atoms with Crippen LogP contribution in [0.2, 0.25) is 0 Å². The van der Waals surface area contributed by atoms with Crippen LogP contribution in [0.15, 0.2) is 250 Å².